The normalized spacial score (nSPS) is 20.1. The van der Waals surface area contributed by atoms with Crippen LogP contribution in [0.3, 0.4) is 0 Å². The van der Waals surface area contributed by atoms with Crippen LogP contribution >= 0.6 is 0 Å². The zero-order valence-electron chi connectivity index (χ0n) is 11.4. The minimum absolute atomic E-state index is 0.0584. The molecule has 0 spiro atoms. The molecule has 3 heteroatoms. The van der Waals surface area contributed by atoms with Crippen molar-refractivity contribution in [3.8, 4) is 0 Å². The van der Waals surface area contributed by atoms with E-state index in [1.807, 2.05) is 30.3 Å². The topological polar surface area (TPSA) is 49.7 Å². The van der Waals surface area contributed by atoms with Crippen LogP contribution < -0.4 is 0 Å². The zero-order chi connectivity index (χ0) is 13.6. The summed E-state index contributed by atoms with van der Waals surface area (Å²) in [4.78, 5) is 0. The van der Waals surface area contributed by atoms with Gasteiger partial charge in [-0.2, -0.15) is 0 Å². The Kier molecular flexibility index (Phi) is 5.37. The lowest BCUT2D eigenvalue weighted by molar-refractivity contribution is -0.0853. The fourth-order valence-corrected chi connectivity index (χ4v) is 2.89. The first-order chi connectivity index (χ1) is 9.27. The van der Waals surface area contributed by atoms with Crippen molar-refractivity contribution in [3.63, 3.8) is 0 Å². The average Bonchev–Trinajstić information content (AvgIpc) is 2.49. The van der Waals surface area contributed by atoms with Gasteiger partial charge in [-0.3, -0.25) is 0 Å². The number of hydrogen-bond donors (Lipinski definition) is 2. The summed E-state index contributed by atoms with van der Waals surface area (Å²) in [5.74, 6) is 0. The SMILES string of the molecule is OCC1(C(O)COCc2ccccc2)CCCCC1. The molecule has 0 bridgehead atoms. The molecule has 1 aromatic carbocycles. The van der Waals surface area contributed by atoms with Crippen molar-refractivity contribution in [1.29, 1.82) is 0 Å². The summed E-state index contributed by atoms with van der Waals surface area (Å²) in [6.07, 6.45) is 4.63. The van der Waals surface area contributed by atoms with Crippen LogP contribution in [0.2, 0.25) is 0 Å². The predicted octanol–water partition coefficient (Wildman–Crippen LogP) is 2.51. The third kappa shape index (κ3) is 3.78. The number of aliphatic hydroxyl groups excluding tert-OH is 2. The molecule has 0 saturated heterocycles. The highest BCUT2D eigenvalue weighted by molar-refractivity contribution is 5.13. The van der Waals surface area contributed by atoms with E-state index >= 15 is 0 Å². The first-order valence-electron chi connectivity index (χ1n) is 7.17. The highest BCUT2D eigenvalue weighted by atomic mass is 16.5. The van der Waals surface area contributed by atoms with Crippen LogP contribution in [0.5, 0.6) is 0 Å². The summed E-state index contributed by atoms with van der Waals surface area (Å²) < 4.78 is 5.60. The molecule has 1 atom stereocenters. The largest absolute Gasteiger partial charge is 0.396 e. The smallest absolute Gasteiger partial charge is 0.0851 e. The third-order valence-corrected chi connectivity index (χ3v) is 4.26. The van der Waals surface area contributed by atoms with Gasteiger partial charge in [0.1, 0.15) is 0 Å². The minimum Gasteiger partial charge on any atom is -0.396 e. The first kappa shape index (κ1) is 14.5. The van der Waals surface area contributed by atoms with Crippen molar-refractivity contribution in [2.24, 2.45) is 5.41 Å². The van der Waals surface area contributed by atoms with Crippen molar-refractivity contribution in [2.45, 2.75) is 44.8 Å². The molecule has 1 saturated carbocycles. The Bertz CT molecular complexity index is 358. The van der Waals surface area contributed by atoms with Gasteiger partial charge in [0, 0.05) is 5.41 Å². The molecule has 1 aromatic rings. The molecular weight excluding hydrogens is 240 g/mol. The van der Waals surface area contributed by atoms with E-state index in [1.165, 1.54) is 6.42 Å². The third-order valence-electron chi connectivity index (χ3n) is 4.26. The van der Waals surface area contributed by atoms with Crippen LogP contribution in [0.15, 0.2) is 30.3 Å². The number of rotatable bonds is 6. The maximum absolute atomic E-state index is 10.3. The Balaban J connectivity index is 1.81. The van der Waals surface area contributed by atoms with Crippen LogP contribution in [-0.2, 0) is 11.3 Å². The van der Waals surface area contributed by atoms with Gasteiger partial charge in [0.2, 0.25) is 0 Å². The van der Waals surface area contributed by atoms with Gasteiger partial charge in [-0.15, -0.1) is 0 Å². The molecule has 0 aliphatic heterocycles. The van der Waals surface area contributed by atoms with Crippen LogP contribution in [-0.4, -0.2) is 29.5 Å². The Hall–Kier alpha value is -0.900. The monoisotopic (exact) mass is 264 g/mol. The van der Waals surface area contributed by atoms with Gasteiger partial charge in [0.05, 0.1) is 25.9 Å². The van der Waals surface area contributed by atoms with Crippen molar-refractivity contribution in [2.75, 3.05) is 13.2 Å². The lowest BCUT2D eigenvalue weighted by Gasteiger charge is -2.39. The molecule has 0 amide bonds. The molecule has 1 fully saturated rings. The maximum atomic E-state index is 10.3. The Morgan fingerprint density at radius 3 is 2.42 bits per heavy atom. The fraction of sp³-hybridized carbons (Fsp3) is 0.625. The summed E-state index contributed by atoms with van der Waals surface area (Å²) in [6, 6.07) is 9.95. The molecule has 1 unspecified atom stereocenters. The van der Waals surface area contributed by atoms with E-state index in [2.05, 4.69) is 0 Å². The highest BCUT2D eigenvalue weighted by Crippen LogP contribution is 2.39. The van der Waals surface area contributed by atoms with Gasteiger partial charge in [-0.25, -0.2) is 0 Å². The first-order valence-corrected chi connectivity index (χ1v) is 7.17. The molecule has 0 aromatic heterocycles. The Morgan fingerprint density at radius 1 is 1.11 bits per heavy atom. The predicted molar refractivity (Wildman–Crippen MR) is 74.7 cm³/mol. The van der Waals surface area contributed by atoms with Crippen molar-refractivity contribution in [1.82, 2.24) is 0 Å². The summed E-state index contributed by atoms with van der Waals surface area (Å²) in [5.41, 5.74) is 0.769. The number of hydrogen-bond acceptors (Lipinski definition) is 3. The van der Waals surface area contributed by atoms with Gasteiger partial charge < -0.3 is 14.9 Å². The molecule has 3 nitrogen and oxygen atoms in total. The van der Waals surface area contributed by atoms with Crippen LogP contribution in [0.1, 0.15) is 37.7 Å². The van der Waals surface area contributed by atoms with Gasteiger partial charge in [0.15, 0.2) is 0 Å². The molecule has 2 N–H and O–H groups in total. The standard InChI is InChI=1S/C16H24O3/c17-13-16(9-5-2-6-10-16)15(18)12-19-11-14-7-3-1-4-8-14/h1,3-4,7-8,15,17-18H,2,5-6,9-13H2. The second-order valence-corrected chi connectivity index (χ2v) is 5.60. The molecular formula is C16H24O3. The lowest BCUT2D eigenvalue weighted by Crippen LogP contribution is -2.43. The Morgan fingerprint density at radius 2 is 1.79 bits per heavy atom. The number of ether oxygens (including phenoxy) is 1. The molecule has 19 heavy (non-hydrogen) atoms. The number of benzene rings is 1. The van der Waals surface area contributed by atoms with E-state index in [9.17, 15) is 10.2 Å². The van der Waals surface area contributed by atoms with E-state index in [4.69, 9.17) is 4.74 Å². The molecule has 1 aliphatic rings. The maximum Gasteiger partial charge on any atom is 0.0851 e. The van der Waals surface area contributed by atoms with Gasteiger partial charge >= 0.3 is 0 Å². The van der Waals surface area contributed by atoms with Crippen molar-refractivity contribution >= 4 is 0 Å². The second-order valence-electron chi connectivity index (χ2n) is 5.60. The van der Waals surface area contributed by atoms with E-state index in [0.29, 0.717) is 13.2 Å². The van der Waals surface area contributed by atoms with Crippen LogP contribution in [0.25, 0.3) is 0 Å². The summed E-state index contributed by atoms with van der Waals surface area (Å²) in [7, 11) is 0. The van der Waals surface area contributed by atoms with Crippen LogP contribution in [0, 0.1) is 5.41 Å². The minimum atomic E-state index is -0.568. The van der Waals surface area contributed by atoms with E-state index < -0.39 is 6.10 Å². The van der Waals surface area contributed by atoms with Gasteiger partial charge in [-0.1, -0.05) is 49.6 Å². The van der Waals surface area contributed by atoms with E-state index in [1.54, 1.807) is 0 Å². The quantitative estimate of drug-likeness (QED) is 0.830. The average molecular weight is 264 g/mol. The molecule has 2 rings (SSSR count). The van der Waals surface area contributed by atoms with Crippen molar-refractivity contribution in [3.05, 3.63) is 35.9 Å². The summed E-state index contributed by atoms with van der Waals surface area (Å²) >= 11 is 0. The molecule has 0 radical (unpaired) electrons. The summed E-state index contributed by atoms with van der Waals surface area (Å²) in [6.45, 7) is 0.873. The van der Waals surface area contributed by atoms with Crippen molar-refractivity contribution < 1.29 is 14.9 Å². The van der Waals surface area contributed by atoms with Crippen LogP contribution in [0.4, 0.5) is 0 Å². The molecule has 106 valence electrons. The van der Waals surface area contributed by atoms with E-state index in [0.717, 1.165) is 31.2 Å². The summed E-state index contributed by atoms with van der Waals surface area (Å²) in [5, 5.41) is 19.9. The fourth-order valence-electron chi connectivity index (χ4n) is 2.89. The zero-order valence-corrected chi connectivity index (χ0v) is 11.4. The molecule has 1 aliphatic carbocycles. The highest BCUT2D eigenvalue weighted by Gasteiger charge is 2.38. The van der Waals surface area contributed by atoms with Gasteiger partial charge in [-0.05, 0) is 18.4 Å². The number of aliphatic hydroxyl groups is 2. The van der Waals surface area contributed by atoms with E-state index in [-0.39, 0.29) is 12.0 Å². The molecule has 0 heterocycles. The Labute approximate surface area is 115 Å². The second kappa shape index (κ2) is 7.04. The van der Waals surface area contributed by atoms with Gasteiger partial charge in [0.25, 0.3) is 0 Å². The lowest BCUT2D eigenvalue weighted by atomic mass is 9.71.